The number of methoxy groups -OCH3 is 1. The number of carbonyl (C=O) groups excluding carboxylic acids is 1. The predicted molar refractivity (Wildman–Crippen MR) is 132 cm³/mol. The van der Waals surface area contributed by atoms with Crippen molar-refractivity contribution in [2.75, 3.05) is 35.9 Å². The van der Waals surface area contributed by atoms with Gasteiger partial charge < -0.3 is 25.0 Å². The molecular formula is C25H28FN5O3. The molecule has 0 saturated carbocycles. The number of hydrogen-bond donors (Lipinski definition) is 2. The van der Waals surface area contributed by atoms with Crippen molar-refractivity contribution in [2.24, 2.45) is 0 Å². The number of ether oxygens (including phenoxy) is 2. The SMILES string of the molecule is C=CC(=O)Nc1cccc(N(c2nc(Nc3ccc(OCCOC)cc3)ncc2F)C(C)C)c1. The zero-order valence-corrected chi connectivity index (χ0v) is 19.4. The summed E-state index contributed by atoms with van der Waals surface area (Å²) in [5.74, 6) is 0.160. The number of amides is 1. The lowest BCUT2D eigenvalue weighted by molar-refractivity contribution is -0.111. The Kier molecular flexibility index (Phi) is 8.53. The molecule has 0 fully saturated rings. The number of anilines is 5. The molecule has 0 aliphatic rings. The first kappa shape index (κ1) is 24.7. The van der Waals surface area contributed by atoms with Gasteiger partial charge >= 0.3 is 0 Å². The molecule has 0 saturated heterocycles. The molecule has 3 rings (SSSR count). The molecule has 1 heterocycles. The standard InChI is InChI=1S/C25H28FN5O3/c1-5-23(32)28-19-7-6-8-20(15-19)31(17(2)3)24-22(26)16-27-25(30-24)29-18-9-11-21(12-10-18)34-14-13-33-4/h5-12,15-17H,1,13-14H2,2-4H3,(H,28,32)(H,27,29,30). The third-order valence-corrected chi connectivity index (χ3v) is 4.71. The van der Waals surface area contributed by atoms with Gasteiger partial charge in [0.1, 0.15) is 12.4 Å². The number of halogens is 1. The highest BCUT2D eigenvalue weighted by molar-refractivity contribution is 5.99. The van der Waals surface area contributed by atoms with Crippen molar-refractivity contribution in [3.05, 3.63) is 73.2 Å². The molecule has 0 radical (unpaired) electrons. The van der Waals surface area contributed by atoms with Crippen LogP contribution in [0.1, 0.15) is 13.8 Å². The van der Waals surface area contributed by atoms with Crippen LogP contribution >= 0.6 is 0 Å². The highest BCUT2D eigenvalue weighted by Gasteiger charge is 2.20. The Balaban J connectivity index is 1.84. The van der Waals surface area contributed by atoms with Crippen LogP contribution in [0, 0.1) is 5.82 Å². The first-order valence-electron chi connectivity index (χ1n) is 10.8. The second kappa shape index (κ2) is 11.8. The number of nitrogens with zero attached hydrogens (tertiary/aromatic N) is 3. The van der Waals surface area contributed by atoms with E-state index in [4.69, 9.17) is 9.47 Å². The van der Waals surface area contributed by atoms with E-state index in [0.717, 1.165) is 11.9 Å². The number of hydrogen-bond acceptors (Lipinski definition) is 7. The Morgan fingerprint density at radius 2 is 1.94 bits per heavy atom. The normalized spacial score (nSPS) is 10.6. The van der Waals surface area contributed by atoms with Crippen molar-refractivity contribution in [3.63, 3.8) is 0 Å². The van der Waals surface area contributed by atoms with Crippen molar-refractivity contribution >= 4 is 34.7 Å². The van der Waals surface area contributed by atoms with Gasteiger partial charge in [-0.1, -0.05) is 12.6 Å². The van der Waals surface area contributed by atoms with Gasteiger partial charge in [0.15, 0.2) is 11.6 Å². The topological polar surface area (TPSA) is 88.6 Å². The van der Waals surface area contributed by atoms with Gasteiger partial charge in [-0.3, -0.25) is 4.79 Å². The van der Waals surface area contributed by atoms with Gasteiger partial charge in [-0.2, -0.15) is 4.98 Å². The Bertz CT molecular complexity index is 1120. The maximum atomic E-state index is 14.9. The molecule has 34 heavy (non-hydrogen) atoms. The van der Waals surface area contributed by atoms with E-state index >= 15 is 0 Å². The fourth-order valence-corrected chi connectivity index (χ4v) is 3.19. The van der Waals surface area contributed by atoms with E-state index in [9.17, 15) is 9.18 Å². The van der Waals surface area contributed by atoms with Gasteiger partial charge in [-0.25, -0.2) is 9.37 Å². The molecular weight excluding hydrogens is 437 g/mol. The lowest BCUT2D eigenvalue weighted by Crippen LogP contribution is -2.28. The molecule has 0 aliphatic heterocycles. The van der Waals surface area contributed by atoms with Gasteiger partial charge in [-0.05, 0) is 62.4 Å². The second-order valence-corrected chi connectivity index (χ2v) is 7.56. The maximum absolute atomic E-state index is 14.9. The third kappa shape index (κ3) is 6.52. The van der Waals surface area contributed by atoms with E-state index in [-0.39, 0.29) is 23.7 Å². The van der Waals surface area contributed by atoms with Crippen LogP contribution < -0.4 is 20.3 Å². The van der Waals surface area contributed by atoms with Crippen molar-refractivity contribution in [2.45, 2.75) is 19.9 Å². The molecule has 0 spiro atoms. The van der Waals surface area contributed by atoms with E-state index in [0.29, 0.717) is 30.3 Å². The molecule has 0 unspecified atom stereocenters. The summed E-state index contributed by atoms with van der Waals surface area (Å²) in [6, 6.07) is 14.2. The fraction of sp³-hybridized carbons (Fsp3) is 0.240. The van der Waals surface area contributed by atoms with Gasteiger partial charge in [0, 0.05) is 30.2 Å². The van der Waals surface area contributed by atoms with E-state index in [2.05, 4.69) is 27.2 Å². The van der Waals surface area contributed by atoms with Crippen LogP contribution in [0.4, 0.5) is 33.2 Å². The zero-order chi connectivity index (χ0) is 24.5. The highest BCUT2D eigenvalue weighted by Crippen LogP contribution is 2.31. The number of rotatable bonds is 11. The number of aromatic nitrogens is 2. The van der Waals surface area contributed by atoms with Crippen molar-refractivity contribution < 1.29 is 18.7 Å². The van der Waals surface area contributed by atoms with Crippen LogP contribution in [0.15, 0.2) is 67.4 Å². The molecule has 1 aromatic heterocycles. The lowest BCUT2D eigenvalue weighted by atomic mass is 10.2. The average molecular weight is 466 g/mol. The number of benzene rings is 2. The van der Waals surface area contributed by atoms with Crippen LogP contribution in [-0.4, -0.2) is 42.2 Å². The largest absolute Gasteiger partial charge is 0.491 e. The summed E-state index contributed by atoms with van der Waals surface area (Å²) >= 11 is 0. The quantitative estimate of drug-likeness (QED) is 0.302. The Morgan fingerprint density at radius 3 is 2.62 bits per heavy atom. The Hall–Kier alpha value is -3.98. The molecule has 9 heteroatoms. The van der Waals surface area contributed by atoms with E-state index in [1.807, 2.05) is 44.2 Å². The minimum Gasteiger partial charge on any atom is -0.491 e. The molecule has 0 aliphatic carbocycles. The van der Waals surface area contributed by atoms with Crippen LogP contribution in [0.25, 0.3) is 0 Å². The zero-order valence-electron chi connectivity index (χ0n) is 19.4. The summed E-state index contributed by atoms with van der Waals surface area (Å²) in [5, 5.41) is 5.81. The minimum atomic E-state index is -0.568. The van der Waals surface area contributed by atoms with Crippen molar-refractivity contribution in [3.8, 4) is 5.75 Å². The first-order chi connectivity index (χ1) is 16.4. The molecule has 3 aromatic rings. The van der Waals surface area contributed by atoms with Crippen LogP contribution in [-0.2, 0) is 9.53 Å². The van der Waals surface area contributed by atoms with Crippen molar-refractivity contribution in [1.29, 1.82) is 0 Å². The summed E-state index contributed by atoms with van der Waals surface area (Å²) in [7, 11) is 1.62. The monoisotopic (exact) mass is 465 g/mol. The molecule has 2 N–H and O–H groups in total. The van der Waals surface area contributed by atoms with Crippen LogP contribution in [0.3, 0.4) is 0 Å². The predicted octanol–water partition coefficient (Wildman–Crippen LogP) is 5.06. The minimum absolute atomic E-state index is 0.110. The first-order valence-corrected chi connectivity index (χ1v) is 10.8. The maximum Gasteiger partial charge on any atom is 0.247 e. The highest BCUT2D eigenvalue weighted by atomic mass is 19.1. The fourth-order valence-electron chi connectivity index (χ4n) is 3.19. The van der Waals surface area contributed by atoms with Crippen LogP contribution in [0.2, 0.25) is 0 Å². The Labute approximate surface area is 198 Å². The molecule has 8 nitrogen and oxygen atoms in total. The Morgan fingerprint density at radius 1 is 1.18 bits per heavy atom. The average Bonchev–Trinajstić information content (AvgIpc) is 2.82. The van der Waals surface area contributed by atoms with E-state index < -0.39 is 5.82 Å². The smallest absolute Gasteiger partial charge is 0.247 e. The molecule has 178 valence electrons. The summed E-state index contributed by atoms with van der Waals surface area (Å²) in [6.45, 7) is 8.26. The summed E-state index contributed by atoms with van der Waals surface area (Å²) in [4.78, 5) is 21.9. The summed E-state index contributed by atoms with van der Waals surface area (Å²) in [5.41, 5.74) is 1.95. The lowest BCUT2D eigenvalue weighted by Gasteiger charge is -2.28. The van der Waals surface area contributed by atoms with Gasteiger partial charge in [-0.15, -0.1) is 0 Å². The third-order valence-electron chi connectivity index (χ3n) is 4.71. The number of carbonyl (C=O) groups is 1. The second-order valence-electron chi connectivity index (χ2n) is 7.56. The van der Waals surface area contributed by atoms with Crippen molar-refractivity contribution in [1.82, 2.24) is 9.97 Å². The molecule has 1 amide bonds. The van der Waals surface area contributed by atoms with E-state index in [1.54, 1.807) is 30.2 Å². The van der Waals surface area contributed by atoms with Gasteiger partial charge in [0.05, 0.1) is 12.8 Å². The van der Waals surface area contributed by atoms with Gasteiger partial charge in [0.25, 0.3) is 0 Å². The van der Waals surface area contributed by atoms with E-state index in [1.165, 1.54) is 6.08 Å². The number of nitrogens with one attached hydrogen (secondary N) is 2. The summed E-state index contributed by atoms with van der Waals surface area (Å²) < 4.78 is 25.4. The molecule has 0 atom stereocenters. The molecule has 0 bridgehead atoms. The molecule has 2 aromatic carbocycles. The summed E-state index contributed by atoms with van der Waals surface area (Å²) in [6.07, 6.45) is 2.32. The van der Waals surface area contributed by atoms with Gasteiger partial charge in [0.2, 0.25) is 11.9 Å². The van der Waals surface area contributed by atoms with Crippen LogP contribution in [0.5, 0.6) is 5.75 Å².